The van der Waals surface area contributed by atoms with Crippen molar-refractivity contribution in [3.05, 3.63) is 88.5 Å². The van der Waals surface area contributed by atoms with Gasteiger partial charge >= 0.3 is 0 Å². The number of phenolic OH excluding ortho intramolecular Hbond substituents is 1. The average molecular weight is 691 g/mol. The molecule has 2 saturated heterocycles. The highest BCUT2D eigenvalue weighted by Gasteiger charge is 2.67. The van der Waals surface area contributed by atoms with E-state index < -0.39 is 35.0 Å². The topological polar surface area (TPSA) is 122 Å². The summed E-state index contributed by atoms with van der Waals surface area (Å²) in [6.07, 6.45) is 2.55. The number of amides is 4. The number of nitrogens with zero attached hydrogens (tertiary/aromatic N) is 3. The molecule has 0 radical (unpaired) electrons. The van der Waals surface area contributed by atoms with Crippen molar-refractivity contribution in [1.82, 2.24) is 15.1 Å². The minimum atomic E-state index is -1.29. The Morgan fingerprint density at radius 2 is 1.80 bits per heavy atom. The summed E-state index contributed by atoms with van der Waals surface area (Å²) in [7, 11) is 1.72. The molecule has 5 aromatic rings. The van der Waals surface area contributed by atoms with Gasteiger partial charge in [0.15, 0.2) is 0 Å². The Bertz CT molecular complexity index is 2380. The standard InChI is InChI=1S/C38H31ClN4O5S/c1-17-24-14-19(39)9-13-28(24)49-33(17)27-16-29(42(3)41-27)43-36(47)26-15-25-21(11-12-22-30(25)35(46)40-34(22)45)31(38(26,2)37(43)48)23-10-8-18-6-4-5-7-20(18)32(23)44/h4-11,13-14,16,22,25-26,30-31,44H,12,15H2,1-3H3,(H,40,45,46)/t22-,25+,26-,30-,31+,38+/m0/s1. The average Bonchev–Trinajstić information content (AvgIpc) is 3.76. The highest BCUT2D eigenvalue weighted by atomic mass is 35.5. The lowest BCUT2D eigenvalue weighted by atomic mass is 9.51. The van der Waals surface area contributed by atoms with Crippen molar-refractivity contribution in [2.24, 2.45) is 36.1 Å². The molecule has 49 heavy (non-hydrogen) atoms. The van der Waals surface area contributed by atoms with Crippen LogP contribution in [0, 0.1) is 36.0 Å². The van der Waals surface area contributed by atoms with Crippen molar-refractivity contribution < 1.29 is 24.3 Å². The third-order valence-electron chi connectivity index (χ3n) is 11.6. The number of hydrogen-bond donors (Lipinski definition) is 2. The summed E-state index contributed by atoms with van der Waals surface area (Å²) in [5.41, 5.74) is 1.70. The van der Waals surface area contributed by atoms with Crippen LogP contribution < -0.4 is 10.2 Å². The van der Waals surface area contributed by atoms with Crippen molar-refractivity contribution in [1.29, 1.82) is 0 Å². The van der Waals surface area contributed by atoms with E-state index in [2.05, 4.69) is 5.32 Å². The molecule has 0 unspecified atom stereocenters. The number of fused-ring (bicyclic) bond motifs is 6. The summed E-state index contributed by atoms with van der Waals surface area (Å²) in [5, 5.41) is 22.2. The van der Waals surface area contributed by atoms with Crippen LogP contribution >= 0.6 is 22.9 Å². The monoisotopic (exact) mass is 690 g/mol. The quantitative estimate of drug-likeness (QED) is 0.162. The Balaban J connectivity index is 1.20. The molecule has 11 heteroatoms. The van der Waals surface area contributed by atoms with E-state index >= 15 is 4.79 Å². The van der Waals surface area contributed by atoms with Crippen LogP contribution in [0.3, 0.4) is 0 Å². The second kappa shape index (κ2) is 10.4. The second-order valence-electron chi connectivity index (χ2n) is 13.9. The van der Waals surface area contributed by atoms with Crippen LogP contribution in [0.1, 0.15) is 36.8 Å². The van der Waals surface area contributed by atoms with Gasteiger partial charge in [-0.2, -0.15) is 5.10 Å². The number of aromatic hydroxyl groups is 1. The molecular formula is C38H31ClN4O5S. The number of halogens is 1. The van der Waals surface area contributed by atoms with E-state index in [0.29, 0.717) is 33.9 Å². The first-order valence-corrected chi connectivity index (χ1v) is 17.5. The molecule has 0 bridgehead atoms. The minimum absolute atomic E-state index is 0.0422. The first-order chi connectivity index (χ1) is 23.5. The van der Waals surface area contributed by atoms with E-state index in [1.165, 1.54) is 4.90 Å². The Labute approximate surface area is 290 Å². The van der Waals surface area contributed by atoms with Crippen molar-refractivity contribution >= 4 is 73.2 Å². The molecule has 2 aliphatic carbocycles. The molecular weight excluding hydrogens is 660 g/mol. The van der Waals surface area contributed by atoms with Gasteiger partial charge in [-0.1, -0.05) is 59.6 Å². The maximum Gasteiger partial charge on any atom is 0.242 e. The Hall–Kier alpha value is -4.80. The molecule has 246 valence electrons. The number of hydrogen-bond acceptors (Lipinski definition) is 7. The SMILES string of the molecule is Cc1c(-c2cc(N3C(=O)[C@@H]4C[C@@H]5C(=CC[C@@H]6C(=O)NC(=O)[C@@H]65)[C@H](c5ccc6ccccc6c5O)[C@]4(C)C3=O)n(C)n2)sc2ccc(Cl)cc12. The summed E-state index contributed by atoms with van der Waals surface area (Å²) in [4.78, 5) is 57.9. The van der Waals surface area contributed by atoms with Crippen LogP contribution in [0.4, 0.5) is 5.82 Å². The van der Waals surface area contributed by atoms with Crippen LogP contribution in [0.15, 0.2) is 72.3 Å². The number of phenols is 1. The fraction of sp³-hybridized carbons (Fsp3) is 0.289. The number of rotatable bonds is 3. The Morgan fingerprint density at radius 3 is 2.61 bits per heavy atom. The van der Waals surface area contributed by atoms with Gasteiger partial charge in [-0.25, -0.2) is 4.90 Å². The molecule has 9 nitrogen and oxygen atoms in total. The molecule has 4 heterocycles. The number of anilines is 1. The molecule has 0 spiro atoms. The van der Waals surface area contributed by atoms with E-state index in [9.17, 15) is 19.5 Å². The highest BCUT2D eigenvalue weighted by molar-refractivity contribution is 7.22. The van der Waals surface area contributed by atoms with Crippen LogP contribution in [0.5, 0.6) is 5.75 Å². The number of aromatic nitrogens is 2. The van der Waals surface area contributed by atoms with Crippen molar-refractivity contribution in [3.63, 3.8) is 0 Å². The molecule has 9 rings (SSSR count). The smallest absolute Gasteiger partial charge is 0.242 e. The van der Waals surface area contributed by atoms with Gasteiger partial charge in [0, 0.05) is 39.7 Å². The number of aryl methyl sites for hydroxylation is 2. The number of carbonyl (C=O) groups is 4. The van der Waals surface area contributed by atoms with Crippen LogP contribution in [0.2, 0.25) is 5.02 Å². The first-order valence-electron chi connectivity index (χ1n) is 16.4. The van der Waals surface area contributed by atoms with E-state index in [4.69, 9.17) is 16.7 Å². The van der Waals surface area contributed by atoms with Crippen molar-refractivity contribution in [3.8, 4) is 16.3 Å². The van der Waals surface area contributed by atoms with Gasteiger partial charge in [-0.3, -0.25) is 29.2 Å². The number of imide groups is 2. The van der Waals surface area contributed by atoms with Crippen LogP contribution in [-0.2, 0) is 26.2 Å². The molecule has 2 aromatic heterocycles. The van der Waals surface area contributed by atoms with Crippen molar-refractivity contribution in [2.75, 3.05) is 4.90 Å². The van der Waals surface area contributed by atoms with Crippen LogP contribution in [-0.4, -0.2) is 38.5 Å². The van der Waals surface area contributed by atoms with Gasteiger partial charge in [0.2, 0.25) is 23.6 Å². The number of carbonyl (C=O) groups excluding carboxylic acids is 4. The zero-order valence-electron chi connectivity index (χ0n) is 26.9. The highest BCUT2D eigenvalue weighted by Crippen LogP contribution is 2.64. The number of allylic oxidation sites excluding steroid dienone is 2. The summed E-state index contributed by atoms with van der Waals surface area (Å²) < 4.78 is 2.62. The first kappa shape index (κ1) is 30.3. The Morgan fingerprint density at radius 1 is 1.00 bits per heavy atom. The third kappa shape index (κ3) is 4.01. The molecule has 6 atom stereocenters. The zero-order chi connectivity index (χ0) is 34.1. The van der Waals surface area contributed by atoms with Gasteiger partial charge in [-0.15, -0.1) is 11.3 Å². The number of nitrogens with one attached hydrogen (secondary N) is 1. The van der Waals surface area contributed by atoms with E-state index in [1.54, 1.807) is 29.1 Å². The van der Waals surface area contributed by atoms with Crippen LogP contribution in [0.25, 0.3) is 31.4 Å². The van der Waals surface area contributed by atoms with Gasteiger partial charge in [-0.05, 0) is 67.1 Å². The van der Waals surface area contributed by atoms with E-state index in [1.807, 2.05) is 74.5 Å². The predicted molar refractivity (Wildman–Crippen MR) is 187 cm³/mol. The minimum Gasteiger partial charge on any atom is -0.507 e. The lowest BCUT2D eigenvalue weighted by molar-refractivity contribution is -0.131. The summed E-state index contributed by atoms with van der Waals surface area (Å²) >= 11 is 7.87. The number of thiophene rings is 1. The predicted octanol–water partition coefficient (Wildman–Crippen LogP) is 6.64. The largest absolute Gasteiger partial charge is 0.507 e. The maximum absolute atomic E-state index is 15.0. The van der Waals surface area contributed by atoms with Gasteiger partial charge < -0.3 is 5.11 Å². The summed E-state index contributed by atoms with van der Waals surface area (Å²) in [6.45, 7) is 3.82. The fourth-order valence-electron chi connectivity index (χ4n) is 9.21. The maximum atomic E-state index is 15.0. The molecule has 2 aliphatic heterocycles. The molecule has 3 fully saturated rings. The molecule has 2 N–H and O–H groups in total. The van der Waals surface area contributed by atoms with E-state index in [0.717, 1.165) is 31.5 Å². The number of benzene rings is 3. The normalized spacial score (nSPS) is 27.8. The molecule has 3 aromatic carbocycles. The molecule has 1 saturated carbocycles. The third-order valence-corrected chi connectivity index (χ3v) is 13.1. The van der Waals surface area contributed by atoms with Gasteiger partial charge in [0.25, 0.3) is 0 Å². The summed E-state index contributed by atoms with van der Waals surface area (Å²) in [6, 6.07) is 18.8. The second-order valence-corrected chi connectivity index (χ2v) is 15.4. The van der Waals surface area contributed by atoms with Crippen molar-refractivity contribution in [2.45, 2.75) is 32.6 Å². The van der Waals surface area contributed by atoms with Gasteiger partial charge in [0.05, 0.1) is 28.0 Å². The van der Waals surface area contributed by atoms with Gasteiger partial charge in [0.1, 0.15) is 17.3 Å². The zero-order valence-corrected chi connectivity index (χ0v) is 28.4. The summed E-state index contributed by atoms with van der Waals surface area (Å²) in [5.74, 6) is -4.18. The fourth-order valence-corrected chi connectivity index (χ4v) is 10.5. The lowest BCUT2D eigenvalue weighted by Crippen LogP contribution is -2.48. The molecule has 4 amide bonds. The lowest BCUT2D eigenvalue weighted by Gasteiger charge is -2.49. The van der Waals surface area contributed by atoms with E-state index in [-0.39, 0.29) is 35.8 Å². The Kier molecular flexibility index (Phi) is 6.40. The molecule has 4 aliphatic rings.